The van der Waals surface area contributed by atoms with Crippen LogP contribution in [0.4, 0.5) is 10.3 Å². The van der Waals surface area contributed by atoms with Gasteiger partial charge in [0.2, 0.25) is 5.95 Å². The van der Waals surface area contributed by atoms with Gasteiger partial charge in [0.1, 0.15) is 5.82 Å². The number of nitrogens with one attached hydrogen (secondary N) is 2. The molecule has 0 saturated heterocycles. The van der Waals surface area contributed by atoms with Gasteiger partial charge in [0.25, 0.3) is 5.56 Å². The number of nitrogens with zero attached hydrogens (tertiary/aromatic N) is 1. The highest BCUT2D eigenvalue weighted by atomic mass is 19.1. The predicted molar refractivity (Wildman–Crippen MR) is 76.1 cm³/mol. The van der Waals surface area contributed by atoms with Crippen LogP contribution in [0.1, 0.15) is 5.56 Å². The van der Waals surface area contributed by atoms with Gasteiger partial charge >= 0.3 is 0 Å². The van der Waals surface area contributed by atoms with Crippen LogP contribution in [0.5, 0.6) is 0 Å². The Bertz CT molecular complexity index is 813. The van der Waals surface area contributed by atoms with E-state index in [1.807, 2.05) is 6.07 Å². The molecule has 2 aromatic carbocycles. The summed E-state index contributed by atoms with van der Waals surface area (Å²) in [6, 6.07) is 13.5. The van der Waals surface area contributed by atoms with E-state index in [0.29, 0.717) is 22.4 Å². The number of halogens is 1. The summed E-state index contributed by atoms with van der Waals surface area (Å²) in [5, 5.41) is 3.46. The Balaban J connectivity index is 1.88. The van der Waals surface area contributed by atoms with Gasteiger partial charge in [0.05, 0.1) is 10.9 Å². The summed E-state index contributed by atoms with van der Waals surface area (Å²) in [5.74, 6) is 0.0417. The minimum atomic E-state index is -0.289. The molecule has 4 nitrogen and oxygen atoms in total. The fourth-order valence-electron chi connectivity index (χ4n) is 1.99. The maximum absolute atomic E-state index is 13.5. The molecule has 0 saturated carbocycles. The zero-order valence-corrected chi connectivity index (χ0v) is 10.6. The van der Waals surface area contributed by atoms with Crippen LogP contribution in [0.15, 0.2) is 53.3 Å². The molecule has 0 amide bonds. The third kappa shape index (κ3) is 2.38. The quantitative estimate of drug-likeness (QED) is 0.768. The maximum Gasteiger partial charge on any atom is 0.260 e. The first-order chi connectivity index (χ1) is 9.74. The predicted octanol–water partition coefficient (Wildman–Crippen LogP) is 2.67. The average Bonchev–Trinajstić information content (AvgIpc) is 2.46. The molecule has 0 aliphatic carbocycles. The minimum Gasteiger partial charge on any atom is -0.352 e. The van der Waals surface area contributed by atoms with Gasteiger partial charge in [-0.1, -0.05) is 30.3 Å². The topological polar surface area (TPSA) is 57.8 Å². The van der Waals surface area contributed by atoms with Crippen LogP contribution in [-0.4, -0.2) is 9.97 Å². The molecule has 0 aliphatic rings. The molecule has 1 heterocycles. The van der Waals surface area contributed by atoms with Crippen LogP contribution in [0.2, 0.25) is 0 Å². The number of hydrogen-bond acceptors (Lipinski definition) is 3. The fourth-order valence-corrected chi connectivity index (χ4v) is 1.99. The van der Waals surface area contributed by atoms with Crippen LogP contribution in [0, 0.1) is 5.82 Å². The van der Waals surface area contributed by atoms with Crippen LogP contribution >= 0.6 is 0 Å². The zero-order valence-electron chi connectivity index (χ0n) is 10.6. The molecule has 2 N–H and O–H groups in total. The van der Waals surface area contributed by atoms with E-state index in [0.717, 1.165) is 0 Å². The van der Waals surface area contributed by atoms with E-state index in [1.54, 1.807) is 36.4 Å². The Morgan fingerprint density at radius 2 is 1.85 bits per heavy atom. The van der Waals surface area contributed by atoms with Gasteiger partial charge < -0.3 is 5.32 Å². The van der Waals surface area contributed by atoms with Crippen molar-refractivity contribution in [2.75, 3.05) is 5.32 Å². The number of hydrogen-bond donors (Lipinski definition) is 2. The average molecular weight is 269 g/mol. The second kappa shape index (κ2) is 5.13. The largest absolute Gasteiger partial charge is 0.352 e. The molecule has 0 radical (unpaired) electrons. The Kier molecular flexibility index (Phi) is 3.16. The molecule has 0 fully saturated rings. The van der Waals surface area contributed by atoms with E-state index in [4.69, 9.17) is 0 Å². The highest BCUT2D eigenvalue weighted by Gasteiger charge is 2.04. The molecule has 0 unspecified atom stereocenters. The molecule has 3 aromatic rings. The second-order valence-corrected chi connectivity index (χ2v) is 4.38. The van der Waals surface area contributed by atoms with Crippen molar-refractivity contribution >= 4 is 16.9 Å². The highest BCUT2D eigenvalue weighted by molar-refractivity contribution is 5.78. The smallest absolute Gasteiger partial charge is 0.260 e. The van der Waals surface area contributed by atoms with Gasteiger partial charge in [-0.3, -0.25) is 9.78 Å². The first-order valence-corrected chi connectivity index (χ1v) is 6.20. The van der Waals surface area contributed by atoms with Crippen molar-refractivity contribution in [1.82, 2.24) is 9.97 Å². The monoisotopic (exact) mass is 269 g/mol. The summed E-state index contributed by atoms with van der Waals surface area (Å²) >= 11 is 0. The van der Waals surface area contributed by atoms with E-state index in [9.17, 15) is 9.18 Å². The maximum atomic E-state index is 13.5. The highest BCUT2D eigenvalue weighted by Crippen LogP contribution is 2.10. The zero-order chi connectivity index (χ0) is 13.9. The normalized spacial score (nSPS) is 10.7. The Labute approximate surface area is 114 Å². The molecule has 5 heteroatoms. The van der Waals surface area contributed by atoms with E-state index >= 15 is 0 Å². The molecule has 100 valence electrons. The van der Waals surface area contributed by atoms with Crippen molar-refractivity contribution in [3.8, 4) is 0 Å². The number of rotatable bonds is 3. The lowest BCUT2D eigenvalue weighted by Gasteiger charge is -2.07. The van der Waals surface area contributed by atoms with Crippen molar-refractivity contribution < 1.29 is 4.39 Å². The minimum absolute atomic E-state index is 0.216. The lowest BCUT2D eigenvalue weighted by molar-refractivity contribution is 0.612. The van der Waals surface area contributed by atoms with Crippen molar-refractivity contribution in [2.24, 2.45) is 0 Å². The molecule has 3 rings (SSSR count). The van der Waals surface area contributed by atoms with Crippen LogP contribution < -0.4 is 10.9 Å². The van der Waals surface area contributed by atoms with Crippen molar-refractivity contribution in [3.63, 3.8) is 0 Å². The van der Waals surface area contributed by atoms with Gasteiger partial charge in [-0.05, 0) is 18.2 Å². The Morgan fingerprint density at radius 1 is 1.10 bits per heavy atom. The summed E-state index contributed by atoms with van der Waals surface area (Å²) in [5.41, 5.74) is 0.905. The van der Waals surface area contributed by atoms with Gasteiger partial charge in [-0.2, -0.15) is 0 Å². The molecular weight excluding hydrogens is 257 g/mol. The number of H-pyrrole nitrogens is 1. The SMILES string of the molecule is O=c1[nH]c(NCc2ccccc2F)nc2ccccc12. The van der Waals surface area contributed by atoms with E-state index in [-0.39, 0.29) is 17.9 Å². The number of para-hydroxylation sites is 1. The third-order valence-electron chi connectivity index (χ3n) is 3.02. The standard InChI is InChI=1S/C15H12FN3O/c16-12-7-3-1-5-10(12)9-17-15-18-13-8-4-2-6-11(13)14(20)19-15/h1-8H,9H2,(H2,17,18,19,20). The lowest BCUT2D eigenvalue weighted by Crippen LogP contribution is -2.13. The first kappa shape index (κ1) is 12.3. The number of aromatic amines is 1. The summed E-state index contributed by atoms with van der Waals surface area (Å²) in [6.07, 6.45) is 0. The fraction of sp³-hybridized carbons (Fsp3) is 0.0667. The molecule has 0 spiro atoms. The van der Waals surface area contributed by atoms with Crippen LogP contribution in [-0.2, 0) is 6.54 Å². The van der Waals surface area contributed by atoms with Crippen molar-refractivity contribution in [3.05, 3.63) is 70.3 Å². The summed E-state index contributed by atoms with van der Waals surface area (Å²) in [7, 11) is 0. The number of fused-ring (bicyclic) bond motifs is 1. The van der Waals surface area contributed by atoms with Gasteiger partial charge in [0, 0.05) is 12.1 Å². The summed E-state index contributed by atoms with van der Waals surface area (Å²) < 4.78 is 13.5. The Hall–Kier alpha value is -2.69. The third-order valence-corrected chi connectivity index (χ3v) is 3.02. The Morgan fingerprint density at radius 3 is 2.70 bits per heavy atom. The number of anilines is 1. The summed E-state index contributed by atoms with van der Waals surface area (Å²) in [6.45, 7) is 0.258. The molecule has 0 bridgehead atoms. The number of benzene rings is 2. The number of aromatic nitrogens is 2. The van der Waals surface area contributed by atoms with Gasteiger partial charge in [-0.25, -0.2) is 9.37 Å². The van der Waals surface area contributed by atoms with Crippen molar-refractivity contribution in [1.29, 1.82) is 0 Å². The molecule has 0 atom stereocenters. The summed E-state index contributed by atoms with van der Waals surface area (Å²) in [4.78, 5) is 18.8. The van der Waals surface area contributed by atoms with Crippen LogP contribution in [0.3, 0.4) is 0 Å². The molecular formula is C15H12FN3O. The lowest BCUT2D eigenvalue weighted by atomic mass is 10.2. The molecule has 1 aromatic heterocycles. The second-order valence-electron chi connectivity index (χ2n) is 4.38. The van der Waals surface area contributed by atoms with Crippen molar-refractivity contribution in [2.45, 2.75) is 6.54 Å². The van der Waals surface area contributed by atoms with E-state index in [1.165, 1.54) is 6.07 Å². The van der Waals surface area contributed by atoms with Crippen LogP contribution in [0.25, 0.3) is 10.9 Å². The molecule has 0 aliphatic heterocycles. The van der Waals surface area contributed by atoms with E-state index in [2.05, 4.69) is 15.3 Å². The van der Waals surface area contributed by atoms with Gasteiger partial charge in [0.15, 0.2) is 0 Å². The molecule has 20 heavy (non-hydrogen) atoms. The first-order valence-electron chi connectivity index (χ1n) is 6.20. The van der Waals surface area contributed by atoms with E-state index < -0.39 is 0 Å². The van der Waals surface area contributed by atoms with Gasteiger partial charge in [-0.15, -0.1) is 0 Å².